The molecule has 0 atom stereocenters. The summed E-state index contributed by atoms with van der Waals surface area (Å²) in [4.78, 5) is 15.7. The van der Waals surface area contributed by atoms with Gasteiger partial charge >= 0.3 is 0 Å². The van der Waals surface area contributed by atoms with Gasteiger partial charge in [0.05, 0.1) is 0 Å². The smallest absolute Gasteiger partial charge is 0.164 e. The van der Waals surface area contributed by atoms with Gasteiger partial charge in [-0.1, -0.05) is 206 Å². The molecule has 0 aliphatic rings. The van der Waals surface area contributed by atoms with Gasteiger partial charge in [-0.3, -0.25) is 0 Å². The van der Waals surface area contributed by atoms with Crippen molar-refractivity contribution >= 4 is 32.3 Å². The minimum absolute atomic E-state index is 0.628. The van der Waals surface area contributed by atoms with Crippen molar-refractivity contribution in [2.24, 2.45) is 0 Å². The third-order valence-electron chi connectivity index (χ3n) is 11.6. The third-order valence-corrected chi connectivity index (χ3v) is 11.6. The minimum atomic E-state index is 0.628. The van der Waals surface area contributed by atoms with Crippen molar-refractivity contribution in [1.82, 2.24) is 15.0 Å². The topological polar surface area (TPSA) is 38.7 Å². The second kappa shape index (κ2) is 15.1. The Labute approximate surface area is 349 Å². The first kappa shape index (κ1) is 35.2. The molecule has 60 heavy (non-hydrogen) atoms. The second-order valence-electron chi connectivity index (χ2n) is 15.2. The molecule has 0 spiro atoms. The molecule has 11 rings (SSSR count). The van der Waals surface area contributed by atoms with E-state index in [1.165, 1.54) is 38.6 Å². The molecule has 11 aromatic rings. The van der Waals surface area contributed by atoms with Crippen LogP contribution >= 0.6 is 0 Å². The Balaban J connectivity index is 1.03. The van der Waals surface area contributed by atoms with E-state index in [4.69, 9.17) is 15.0 Å². The van der Waals surface area contributed by atoms with Crippen LogP contribution in [0.3, 0.4) is 0 Å². The van der Waals surface area contributed by atoms with E-state index in [1.807, 2.05) is 0 Å². The molecule has 0 aliphatic carbocycles. The first-order valence-electron chi connectivity index (χ1n) is 20.3. The number of rotatable bonds is 7. The monoisotopic (exact) mass is 763 g/mol. The number of hydrogen-bond donors (Lipinski definition) is 0. The molecule has 280 valence electrons. The molecule has 0 unspecified atom stereocenters. The predicted molar refractivity (Wildman–Crippen MR) is 250 cm³/mol. The van der Waals surface area contributed by atoms with E-state index in [-0.39, 0.29) is 0 Å². The van der Waals surface area contributed by atoms with Crippen LogP contribution in [-0.2, 0) is 0 Å². The van der Waals surface area contributed by atoms with Gasteiger partial charge in [0, 0.05) is 16.7 Å². The summed E-state index contributed by atoms with van der Waals surface area (Å²) < 4.78 is 0. The minimum Gasteiger partial charge on any atom is -0.208 e. The zero-order chi connectivity index (χ0) is 39.8. The van der Waals surface area contributed by atoms with Crippen molar-refractivity contribution in [3.8, 4) is 78.7 Å². The molecule has 0 bridgehead atoms. The SMILES string of the molecule is c1ccc(-c2ccc(-c3ccc(-c4nc(-c5ccc(-c6cccc7ccccc67)cc5)nc(-c5ccc6cc(-c7ccccc7)ccc6c5)n4)c4ccccc34)cc2)cc1. The predicted octanol–water partition coefficient (Wildman–Crippen LogP) is 15.0. The summed E-state index contributed by atoms with van der Waals surface area (Å²) in [7, 11) is 0. The molecular weight excluding hydrogens is 727 g/mol. The highest BCUT2D eigenvalue weighted by molar-refractivity contribution is 6.04. The second-order valence-corrected chi connectivity index (χ2v) is 15.2. The van der Waals surface area contributed by atoms with Gasteiger partial charge in [-0.25, -0.2) is 15.0 Å². The van der Waals surface area contributed by atoms with Gasteiger partial charge in [0.2, 0.25) is 0 Å². The Kier molecular flexibility index (Phi) is 8.83. The lowest BCUT2D eigenvalue weighted by atomic mass is 9.93. The van der Waals surface area contributed by atoms with Crippen molar-refractivity contribution in [3.63, 3.8) is 0 Å². The summed E-state index contributed by atoms with van der Waals surface area (Å²) in [6, 6.07) is 79.5. The lowest BCUT2D eigenvalue weighted by Crippen LogP contribution is -2.01. The van der Waals surface area contributed by atoms with Crippen LogP contribution in [0.15, 0.2) is 224 Å². The maximum atomic E-state index is 5.25. The number of hydrogen-bond acceptors (Lipinski definition) is 3. The van der Waals surface area contributed by atoms with Crippen molar-refractivity contribution < 1.29 is 0 Å². The van der Waals surface area contributed by atoms with Crippen LogP contribution in [0.5, 0.6) is 0 Å². The molecule has 0 radical (unpaired) electrons. The highest BCUT2D eigenvalue weighted by atomic mass is 15.0. The maximum Gasteiger partial charge on any atom is 0.164 e. The van der Waals surface area contributed by atoms with Crippen LogP contribution in [-0.4, -0.2) is 15.0 Å². The average Bonchev–Trinajstić information content (AvgIpc) is 3.33. The standard InChI is InChI=1S/C57H37N3/c1-3-12-38(13-4-1)40-22-24-43(25-23-40)51-34-35-54(53-20-10-9-19-52(51)53)57-59-55(44-28-26-42(27-29-44)50-21-11-17-41-16-7-8-18-49(41)50)58-56(60-57)48-33-32-46-36-45(30-31-47(46)37-48)39-14-5-2-6-15-39/h1-37H. The van der Waals surface area contributed by atoms with Gasteiger partial charge in [-0.05, 0) is 95.0 Å². The summed E-state index contributed by atoms with van der Waals surface area (Å²) in [5.74, 6) is 1.89. The fraction of sp³-hybridized carbons (Fsp3) is 0. The van der Waals surface area contributed by atoms with Crippen LogP contribution in [0.25, 0.3) is 111 Å². The highest BCUT2D eigenvalue weighted by Crippen LogP contribution is 2.38. The zero-order valence-electron chi connectivity index (χ0n) is 32.7. The van der Waals surface area contributed by atoms with Crippen LogP contribution < -0.4 is 0 Å². The lowest BCUT2D eigenvalue weighted by Gasteiger charge is -2.14. The normalized spacial score (nSPS) is 11.3. The summed E-state index contributed by atoms with van der Waals surface area (Å²) in [6.07, 6.45) is 0. The lowest BCUT2D eigenvalue weighted by molar-refractivity contribution is 1.08. The summed E-state index contributed by atoms with van der Waals surface area (Å²) in [5, 5.41) is 6.97. The number of aromatic nitrogens is 3. The first-order valence-corrected chi connectivity index (χ1v) is 20.3. The van der Waals surface area contributed by atoms with Crippen LogP contribution in [0.2, 0.25) is 0 Å². The van der Waals surface area contributed by atoms with Gasteiger partial charge in [0.1, 0.15) is 0 Å². The average molecular weight is 764 g/mol. The van der Waals surface area contributed by atoms with Crippen molar-refractivity contribution in [2.75, 3.05) is 0 Å². The highest BCUT2D eigenvalue weighted by Gasteiger charge is 2.17. The quantitative estimate of drug-likeness (QED) is 0.162. The summed E-state index contributed by atoms with van der Waals surface area (Å²) in [6.45, 7) is 0. The molecule has 0 N–H and O–H groups in total. The summed E-state index contributed by atoms with van der Waals surface area (Å²) >= 11 is 0. The van der Waals surface area contributed by atoms with Crippen LogP contribution in [0.4, 0.5) is 0 Å². The molecule has 1 heterocycles. The van der Waals surface area contributed by atoms with Crippen LogP contribution in [0, 0.1) is 0 Å². The van der Waals surface area contributed by atoms with E-state index < -0.39 is 0 Å². The molecule has 0 saturated carbocycles. The Morgan fingerprint density at radius 3 is 1.30 bits per heavy atom. The molecule has 3 nitrogen and oxygen atoms in total. The Morgan fingerprint density at radius 1 is 0.200 bits per heavy atom. The van der Waals surface area contributed by atoms with E-state index in [0.29, 0.717) is 17.5 Å². The van der Waals surface area contributed by atoms with Gasteiger partial charge in [0.25, 0.3) is 0 Å². The van der Waals surface area contributed by atoms with Crippen LogP contribution in [0.1, 0.15) is 0 Å². The Morgan fingerprint density at radius 2 is 0.617 bits per heavy atom. The van der Waals surface area contributed by atoms with Gasteiger partial charge in [0.15, 0.2) is 17.5 Å². The molecule has 0 amide bonds. The summed E-state index contributed by atoms with van der Waals surface area (Å²) in [5.41, 5.74) is 12.3. The van der Waals surface area contributed by atoms with E-state index in [0.717, 1.165) is 54.9 Å². The molecule has 3 heteroatoms. The fourth-order valence-electron chi connectivity index (χ4n) is 8.44. The van der Waals surface area contributed by atoms with Crippen molar-refractivity contribution in [1.29, 1.82) is 0 Å². The molecule has 0 aliphatic heterocycles. The van der Waals surface area contributed by atoms with E-state index in [2.05, 4.69) is 224 Å². The van der Waals surface area contributed by atoms with E-state index in [1.54, 1.807) is 0 Å². The Bertz CT molecular complexity index is 3330. The fourth-order valence-corrected chi connectivity index (χ4v) is 8.44. The zero-order valence-corrected chi connectivity index (χ0v) is 32.7. The Hall–Kier alpha value is -8.01. The number of fused-ring (bicyclic) bond motifs is 3. The van der Waals surface area contributed by atoms with Crippen molar-refractivity contribution in [3.05, 3.63) is 224 Å². The third kappa shape index (κ3) is 6.58. The van der Waals surface area contributed by atoms with Gasteiger partial charge in [-0.15, -0.1) is 0 Å². The first-order chi connectivity index (χ1) is 29.7. The van der Waals surface area contributed by atoms with Gasteiger partial charge < -0.3 is 0 Å². The molecule has 1 aromatic heterocycles. The molecular formula is C57H37N3. The number of benzene rings is 10. The molecule has 0 fully saturated rings. The number of nitrogens with zero attached hydrogens (tertiary/aromatic N) is 3. The van der Waals surface area contributed by atoms with E-state index >= 15 is 0 Å². The van der Waals surface area contributed by atoms with Crippen molar-refractivity contribution in [2.45, 2.75) is 0 Å². The maximum absolute atomic E-state index is 5.25. The molecule has 0 saturated heterocycles. The van der Waals surface area contributed by atoms with Gasteiger partial charge in [-0.2, -0.15) is 0 Å². The molecule has 10 aromatic carbocycles. The van der Waals surface area contributed by atoms with E-state index in [9.17, 15) is 0 Å². The largest absolute Gasteiger partial charge is 0.208 e.